The predicted octanol–water partition coefficient (Wildman–Crippen LogP) is 3.04. The summed E-state index contributed by atoms with van der Waals surface area (Å²) in [7, 11) is 0. The van der Waals surface area contributed by atoms with Crippen LogP contribution in [0.5, 0.6) is 0 Å². The summed E-state index contributed by atoms with van der Waals surface area (Å²) in [6.07, 6.45) is 2.74. The molecule has 0 aromatic heterocycles. The van der Waals surface area contributed by atoms with Gasteiger partial charge in [-0.1, -0.05) is 20.8 Å². The van der Waals surface area contributed by atoms with Gasteiger partial charge in [-0.3, -0.25) is 4.79 Å². The highest BCUT2D eigenvalue weighted by atomic mass is 16.1. The summed E-state index contributed by atoms with van der Waals surface area (Å²) in [5.74, 6) is 6.98. The van der Waals surface area contributed by atoms with Crippen LogP contribution in [0, 0.1) is 23.7 Å². The maximum absolute atomic E-state index is 11.2. The molecule has 74 valence electrons. The minimum Gasteiger partial charge on any atom is -0.299 e. The van der Waals surface area contributed by atoms with Gasteiger partial charge >= 0.3 is 0 Å². The first kappa shape index (κ1) is 12.2. The molecule has 0 saturated heterocycles. The van der Waals surface area contributed by atoms with Crippen LogP contribution in [0.25, 0.3) is 0 Å². The van der Waals surface area contributed by atoms with Crippen molar-refractivity contribution in [3.8, 4) is 11.8 Å². The zero-order valence-electron chi connectivity index (χ0n) is 9.18. The molecule has 1 unspecified atom stereocenters. The summed E-state index contributed by atoms with van der Waals surface area (Å²) >= 11 is 0. The molecule has 0 amide bonds. The van der Waals surface area contributed by atoms with Crippen LogP contribution in [0.1, 0.15) is 47.0 Å². The van der Waals surface area contributed by atoms with E-state index in [1.54, 1.807) is 0 Å². The number of hydrogen-bond donors (Lipinski definition) is 0. The summed E-state index contributed by atoms with van der Waals surface area (Å²) in [5, 5.41) is 0. The first-order valence-corrected chi connectivity index (χ1v) is 5.03. The molecule has 0 bridgehead atoms. The quantitative estimate of drug-likeness (QED) is 0.594. The van der Waals surface area contributed by atoms with Crippen molar-refractivity contribution in [1.82, 2.24) is 0 Å². The van der Waals surface area contributed by atoms with Crippen LogP contribution >= 0.6 is 0 Å². The third-order valence-electron chi connectivity index (χ3n) is 2.10. The molecule has 1 nitrogen and oxygen atoms in total. The summed E-state index contributed by atoms with van der Waals surface area (Å²) < 4.78 is 0. The lowest BCUT2D eigenvalue weighted by molar-refractivity contribution is -0.122. The van der Waals surface area contributed by atoms with E-state index in [1.807, 2.05) is 20.8 Å². The van der Waals surface area contributed by atoms with Gasteiger partial charge in [-0.25, -0.2) is 0 Å². The number of rotatable bonds is 5. The molecule has 0 N–H and O–H groups in total. The summed E-state index contributed by atoms with van der Waals surface area (Å²) in [4.78, 5) is 11.2. The molecular formula is C12H20O. The van der Waals surface area contributed by atoms with Gasteiger partial charge in [-0.2, -0.15) is 0 Å². The van der Waals surface area contributed by atoms with Gasteiger partial charge in [-0.05, 0) is 19.8 Å². The molecule has 1 atom stereocenters. The van der Waals surface area contributed by atoms with Gasteiger partial charge in [0.1, 0.15) is 5.78 Å². The van der Waals surface area contributed by atoms with E-state index < -0.39 is 0 Å². The first-order valence-electron chi connectivity index (χ1n) is 5.03. The van der Waals surface area contributed by atoms with Crippen LogP contribution in [0.15, 0.2) is 0 Å². The first-order chi connectivity index (χ1) is 6.07. The minimum absolute atomic E-state index is 0.188. The fourth-order valence-corrected chi connectivity index (χ4v) is 1.19. The summed E-state index contributed by atoms with van der Waals surface area (Å²) in [6.45, 7) is 7.88. The van der Waals surface area contributed by atoms with E-state index in [1.165, 1.54) is 0 Å². The molecule has 0 aliphatic heterocycles. The molecule has 1 heteroatoms. The Balaban J connectivity index is 3.54. The third kappa shape index (κ3) is 6.40. The number of carbonyl (C=O) groups excluding carboxylic acids is 1. The Morgan fingerprint density at radius 3 is 2.38 bits per heavy atom. The second-order valence-electron chi connectivity index (χ2n) is 3.81. The second kappa shape index (κ2) is 6.71. The van der Waals surface area contributed by atoms with Crippen molar-refractivity contribution < 1.29 is 4.79 Å². The largest absolute Gasteiger partial charge is 0.299 e. The molecule has 0 radical (unpaired) electrons. The third-order valence-corrected chi connectivity index (χ3v) is 2.10. The van der Waals surface area contributed by atoms with Gasteiger partial charge in [-0.15, -0.1) is 11.8 Å². The van der Waals surface area contributed by atoms with Crippen LogP contribution < -0.4 is 0 Å². The van der Waals surface area contributed by atoms with E-state index >= 15 is 0 Å². The van der Waals surface area contributed by atoms with Crippen LogP contribution in [0.4, 0.5) is 0 Å². The molecule has 0 aromatic rings. The molecule has 0 aromatic carbocycles. The van der Waals surface area contributed by atoms with Gasteiger partial charge < -0.3 is 0 Å². The molecular weight excluding hydrogens is 160 g/mol. The lowest BCUT2D eigenvalue weighted by Gasteiger charge is -2.05. The number of hydrogen-bond acceptors (Lipinski definition) is 1. The van der Waals surface area contributed by atoms with E-state index in [4.69, 9.17) is 0 Å². The Bertz CT molecular complexity index is 205. The van der Waals surface area contributed by atoms with Crippen LogP contribution in [-0.4, -0.2) is 5.78 Å². The van der Waals surface area contributed by atoms with Gasteiger partial charge in [0.15, 0.2) is 0 Å². The summed E-state index contributed by atoms with van der Waals surface area (Å²) in [5.41, 5.74) is 0. The molecule has 13 heavy (non-hydrogen) atoms. The maximum atomic E-state index is 11.2. The van der Waals surface area contributed by atoms with Crippen molar-refractivity contribution in [2.24, 2.45) is 11.8 Å². The fourth-order valence-electron chi connectivity index (χ4n) is 1.19. The molecule has 0 aliphatic carbocycles. The van der Waals surface area contributed by atoms with Crippen LogP contribution in [0.3, 0.4) is 0 Å². The SMILES string of the molecule is CC#CC(C)CCCC(=O)C(C)C. The van der Waals surface area contributed by atoms with E-state index in [2.05, 4.69) is 18.8 Å². The Hall–Kier alpha value is -0.770. The van der Waals surface area contributed by atoms with Gasteiger partial charge in [0, 0.05) is 18.3 Å². The predicted molar refractivity (Wildman–Crippen MR) is 56.3 cm³/mol. The maximum Gasteiger partial charge on any atom is 0.135 e. The number of carbonyl (C=O) groups is 1. The van der Waals surface area contributed by atoms with E-state index in [-0.39, 0.29) is 5.92 Å². The van der Waals surface area contributed by atoms with Crippen LogP contribution in [0.2, 0.25) is 0 Å². The highest BCUT2D eigenvalue weighted by Crippen LogP contribution is 2.09. The molecule has 0 saturated carbocycles. The van der Waals surface area contributed by atoms with Crippen molar-refractivity contribution in [1.29, 1.82) is 0 Å². The number of ketones is 1. The Morgan fingerprint density at radius 2 is 1.92 bits per heavy atom. The number of Topliss-reactive ketones (excluding diaryl/α,β-unsaturated/α-hetero) is 1. The lowest BCUT2D eigenvalue weighted by Crippen LogP contribution is -2.06. The topological polar surface area (TPSA) is 17.1 Å². The Labute approximate surface area is 81.9 Å². The zero-order valence-corrected chi connectivity index (χ0v) is 9.18. The van der Waals surface area contributed by atoms with E-state index in [0.717, 1.165) is 12.8 Å². The highest BCUT2D eigenvalue weighted by Gasteiger charge is 2.07. The molecule has 0 rings (SSSR count). The van der Waals surface area contributed by atoms with Gasteiger partial charge in [0.2, 0.25) is 0 Å². The lowest BCUT2D eigenvalue weighted by atomic mass is 9.99. The van der Waals surface area contributed by atoms with Crippen molar-refractivity contribution in [3.63, 3.8) is 0 Å². The van der Waals surface area contributed by atoms with E-state index in [0.29, 0.717) is 18.1 Å². The standard InChI is InChI=1S/C12H20O/c1-5-7-11(4)8-6-9-12(13)10(2)3/h10-11H,6,8-9H2,1-4H3. The Morgan fingerprint density at radius 1 is 1.31 bits per heavy atom. The molecule has 0 spiro atoms. The fraction of sp³-hybridized carbons (Fsp3) is 0.750. The minimum atomic E-state index is 0.188. The van der Waals surface area contributed by atoms with Crippen molar-refractivity contribution in [2.75, 3.05) is 0 Å². The van der Waals surface area contributed by atoms with Gasteiger partial charge in [0.05, 0.1) is 0 Å². The monoisotopic (exact) mass is 180 g/mol. The summed E-state index contributed by atoms with van der Waals surface area (Å²) in [6, 6.07) is 0. The van der Waals surface area contributed by atoms with E-state index in [9.17, 15) is 4.79 Å². The molecule has 0 fully saturated rings. The zero-order chi connectivity index (χ0) is 10.3. The highest BCUT2D eigenvalue weighted by molar-refractivity contribution is 5.80. The Kier molecular flexibility index (Phi) is 6.32. The van der Waals surface area contributed by atoms with Crippen molar-refractivity contribution in [2.45, 2.75) is 47.0 Å². The second-order valence-corrected chi connectivity index (χ2v) is 3.81. The average Bonchev–Trinajstić information content (AvgIpc) is 2.04. The molecule has 0 heterocycles. The van der Waals surface area contributed by atoms with Crippen LogP contribution in [-0.2, 0) is 4.79 Å². The van der Waals surface area contributed by atoms with Crippen molar-refractivity contribution >= 4 is 5.78 Å². The van der Waals surface area contributed by atoms with Crippen molar-refractivity contribution in [3.05, 3.63) is 0 Å². The molecule has 0 aliphatic rings. The van der Waals surface area contributed by atoms with Gasteiger partial charge in [0.25, 0.3) is 0 Å². The average molecular weight is 180 g/mol. The normalized spacial score (nSPS) is 12.1. The smallest absolute Gasteiger partial charge is 0.135 e.